The van der Waals surface area contributed by atoms with Crippen molar-refractivity contribution >= 4 is 23.2 Å². The van der Waals surface area contributed by atoms with Crippen LogP contribution in [0.25, 0.3) is 0 Å². The van der Waals surface area contributed by atoms with Crippen molar-refractivity contribution in [3.8, 4) is 0 Å². The Bertz CT molecular complexity index is 1130. The van der Waals surface area contributed by atoms with E-state index < -0.39 is 11.7 Å². The summed E-state index contributed by atoms with van der Waals surface area (Å²) in [5, 5.41) is 3.42. The molecule has 0 aliphatic carbocycles. The normalized spacial score (nSPS) is 14.8. The zero-order valence-corrected chi connectivity index (χ0v) is 19.2. The third-order valence-corrected chi connectivity index (χ3v) is 6.11. The summed E-state index contributed by atoms with van der Waals surface area (Å²) >= 11 is 6.10. The molecule has 34 heavy (non-hydrogen) atoms. The first-order valence-corrected chi connectivity index (χ1v) is 11.4. The molecule has 3 aromatic rings. The van der Waals surface area contributed by atoms with Gasteiger partial charge >= 0.3 is 6.18 Å². The summed E-state index contributed by atoms with van der Waals surface area (Å²) in [6, 6.07) is 20.2. The average molecular weight is 488 g/mol. The van der Waals surface area contributed by atoms with Gasteiger partial charge in [0.1, 0.15) is 0 Å². The molecule has 178 valence electrons. The van der Waals surface area contributed by atoms with Crippen molar-refractivity contribution in [2.45, 2.75) is 19.3 Å². The van der Waals surface area contributed by atoms with Crippen molar-refractivity contribution < 1.29 is 18.0 Å². The molecule has 1 aliphatic heterocycles. The van der Waals surface area contributed by atoms with Gasteiger partial charge in [0.15, 0.2) is 0 Å². The number of halogens is 4. The van der Waals surface area contributed by atoms with Crippen LogP contribution in [0, 0.1) is 0 Å². The lowest BCUT2D eigenvalue weighted by molar-refractivity contribution is -0.137. The van der Waals surface area contributed by atoms with Gasteiger partial charge in [-0.1, -0.05) is 41.9 Å². The number of nitrogens with zero attached hydrogens (tertiary/aromatic N) is 2. The van der Waals surface area contributed by atoms with Gasteiger partial charge in [0.2, 0.25) is 0 Å². The van der Waals surface area contributed by atoms with Gasteiger partial charge in [-0.15, -0.1) is 0 Å². The number of piperazine rings is 1. The van der Waals surface area contributed by atoms with Gasteiger partial charge in [0.05, 0.1) is 5.56 Å². The third-order valence-electron chi connectivity index (χ3n) is 5.88. The molecule has 1 N–H and O–H groups in total. The van der Waals surface area contributed by atoms with Crippen LogP contribution in [0.2, 0.25) is 5.02 Å². The number of carbonyl (C=O) groups is 1. The fourth-order valence-electron chi connectivity index (χ4n) is 4.00. The smallest absolute Gasteiger partial charge is 0.369 e. The van der Waals surface area contributed by atoms with E-state index in [1.54, 1.807) is 18.2 Å². The van der Waals surface area contributed by atoms with E-state index in [2.05, 4.69) is 21.2 Å². The Balaban J connectivity index is 1.27. The molecule has 1 amide bonds. The molecule has 0 bridgehead atoms. The molecule has 8 heteroatoms. The van der Waals surface area contributed by atoms with Crippen molar-refractivity contribution in [2.24, 2.45) is 0 Å². The zero-order chi connectivity index (χ0) is 24.1. The molecular weight excluding hydrogens is 463 g/mol. The second-order valence-corrected chi connectivity index (χ2v) is 8.76. The first-order chi connectivity index (χ1) is 16.3. The fourth-order valence-corrected chi connectivity index (χ4v) is 4.18. The average Bonchev–Trinajstić information content (AvgIpc) is 2.83. The van der Waals surface area contributed by atoms with E-state index in [1.807, 2.05) is 30.3 Å². The van der Waals surface area contributed by atoms with Crippen LogP contribution in [-0.2, 0) is 19.3 Å². The number of nitrogens with one attached hydrogen (secondary N) is 1. The van der Waals surface area contributed by atoms with Crippen molar-refractivity contribution in [1.82, 2.24) is 10.2 Å². The Morgan fingerprint density at radius 2 is 1.59 bits per heavy atom. The van der Waals surface area contributed by atoms with E-state index in [9.17, 15) is 18.0 Å². The van der Waals surface area contributed by atoms with Gasteiger partial charge in [0.25, 0.3) is 5.91 Å². The van der Waals surface area contributed by atoms with Crippen LogP contribution in [0.15, 0.2) is 72.8 Å². The molecule has 1 saturated heterocycles. The Labute approximate surface area is 201 Å². The molecule has 0 aromatic heterocycles. The maximum absolute atomic E-state index is 12.9. The fraction of sp³-hybridized carbons (Fsp3) is 0.269. The largest absolute Gasteiger partial charge is 0.416 e. The topological polar surface area (TPSA) is 35.6 Å². The highest BCUT2D eigenvalue weighted by Crippen LogP contribution is 2.29. The van der Waals surface area contributed by atoms with Gasteiger partial charge in [-0.25, -0.2) is 0 Å². The minimum absolute atomic E-state index is 0.0292. The van der Waals surface area contributed by atoms with Crippen LogP contribution < -0.4 is 10.2 Å². The highest BCUT2D eigenvalue weighted by Gasteiger charge is 2.30. The minimum Gasteiger partial charge on any atom is -0.369 e. The van der Waals surface area contributed by atoms with Crippen molar-refractivity contribution in [3.05, 3.63) is 100 Å². The monoisotopic (exact) mass is 487 g/mol. The first-order valence-electron chi connectivity index (χ1n) is 11.0. The molecule has 0 unspecified atom stereocenters. The predicted octanol–water partition coefficient (Wildman–Crippen LogP) is 5.61. The van der Waals surface area contributed by atoms with E-state index in [1.165, 1.54) is 6.07 Å². The van der Waals surface area contributed by atoms with Crippen LogP contribution in [0.1, 0.15) is 27.0 Å². The zero-order valence-electron chi connectivity index (χ0n) is 18.5. The Morgan fingerprint density at radius 3 is 2.26 bits per heavy atom. The lowest BCUT2D eigenvalue weighted by Crippen LogP contribution is -2.45. The lowest BCUT2D eigenvalue weighted by Gasteiger charge is -2.36. The molecular formula is C26H25ClF3N3O. The van der Waals surface area contributed by atoms with Gasteiger partial charge in [-0.2, -0.15) is 13.2 Å². The molecule has 4 nitrogen and oxygen atoms in total. The Kier molecular flexibility index (Phi) is 7.44. The summed E-state index contributed by atoms with van der Waals surface area (Å²) in [6.07, 6.45) is -4.40. The number of alkyl halides is 3. The quantitative estimate of drug-likeness (QED) is 0.491. The molecule has 4 rings (SSSR count). The standard InChI is InChI=1S/C26H25ClF3N3O/c27-23-5-2-6-24(16-23)33-13-11-32(12-14-33)18-19-7-9-21(10-8-19)25(34)31-17-20-3-1-4-22(15-20)26(28,29)30/h1-10,15-16H,11-14,17-18H2,(H,31,34). The number of rotatable bonds is 6. The summed E-state index contributed by atoms with van der Waals surface area (Å²) in [5.41, 5.74) is 2.38. The summed E-state index contributed by atoms with van der Waals surface area (Å²) in [7, 11) is 0. The first kappa shape index (κ1) is 24.1. The lowest BCUT2D eigenvalue weighted by atomic mass is 10.1. The molecule has 1 fully saturated rings. The molecule has 0 radical (unpaired) electrons. The Morgan fingerprint density at radius 1 is 0.882 bits per heavy atom. The number of hydrogen-bond acceptors (Lipinski definition) is 3. The van der Waals surface area contributed by atoms with Gasteiger partial charge in [0, 0.05) is 55.5 Å². The van der Waals surface area contributed by atoms with Crippen molar-refractivity contribution in [1.29, 1.82) is 0 Å². The second-order valence-electron chi connectivity index (χ2n) is 8.32. The third kappa shape index (κ3) is 6.30. The van der Waals surface area contributed by atoms with E-state index in [0.29, 0.717) is 11.1 Å². The van der Waals surface area contributed by atoms with Gasteiger partial charge < -0.3 is 10.2 Å². The number of benzene rings is 3. The van der Waals surface area contributed by atoms with Crippen LogP contribution in [0.4, 0.5) is 18.9 Å². The number of carbonyl (C=O) groups excluding carboxylic acids is 1. The molecule has 3 aromatic carbocycles. The van der Waals surface area contributed by atoms with Crippen molar-refractivity contribution in [3.63, 3.8) is 0 Å². The summed E-state index contributed by atoms with van der Waals surface area (Å²) < 4.78 is 38.6. The van der Waals surface area contributed by atoms with E-state index in [4.69, 9.17) is 11.6 Å². The van der Waals surface area contributed by atoms with Crippen LogP contribution in [0.3, 0.4) is 0 Å². The summed E-state index contributed by atoms with van der Waals surface area (Å²) in [4.78, 5) is 17.1. The van der Waals surface area contributed by atoms with Crippen LogP contribution >= 0.6 is 11.6 Å². The van der Waals surface area contributed by atoms with Crippen molar-refractivity contribution in [2.75, 3.05) is 31.1 Å². The minimum atomic E-state index is -4.40. The molecule has 1 aliphatic rings. The highest BCUT2D eigenvalue weighted by molar-refractivity contribution is 6.30. The number of hydrogen-bond donors (Lipinski definition) is 1. The van der Waals surface area contributed by atoms with E-state index in [-0.39, 0.29) is 12.5 Å². The van der Waals surface area contributed by atoms with Gasteiger partial charge in [-0.05, 0) is 53.6 Å². The Hall–Kier alpha value is -3.03. The SMILES string of the molecule is O=C(NCc1cccc(C(F)(F)F)c1)c1ccc(CN2CCN(c3cccc(Cl)c3)CC2)cc1. The number of amides is 1. The molecule has 0 spiro atoms. The van der Waals surface area contributed by atoms with E-state index >= 15 is 0 Å². The summed E-state index contributed by atoms with van der Waals surface area (Å²) in [6.45, 7) is 4.49. The summed E-state index contributed by atoms with van der Waals surface area (Å²) in [5.74, 6) is -0.320. The maximum Gasteiger partial charge on any atom is 0.416 e. The molecule has 0 saturated carbocycles. The molecule has 1 heterocycles. The maximum atomic E-state index is 12.9. The predicted molar refractivity (Wildman–Crippen MR) is 128 cm³/mol. The van der Waals surface area contributed by atoms with Gasteiger partial charge in [-0.3, -0.25) is 9.69 Å². The second kappa shape index (κ2) is 10.5. The molecule has 0 atom stereocenters. The van der Waals surface area contributed by atoms with Crippen LogP contribution in [0.5, 0.6) is 0 Å². The van der Waals surface area contributed by atoms with Crippen LogP contribution in [-0.4, -0.2) is 37.0 Å². The number of anilines is 1. The van der Waals surface area contributed by atoms with E-state index in [0.717, 1.165) is 61.1 Å². The highest BCUT2D eigenvalue weighted by atomic mass is 35.5.